The number of benzene rings is 1. The molecule has 1 aliphatic rings. The van der Waals surface area contributed by atoms with Gasteiger partial charge in [-0.2, -0.15) is 4.98 Å². The molecule has 0 bridgehead atoms. The fraction of sp³-hybridized carbons (Fsp3) is 0.471. The highest BCUT2D eigenvalue weighted by molar-refractivity contribution is 5.96. The molecule has 0 spiro atoms. The Kier molecular flexibility index (Phi) is 6.13. The third kappa shape index (κ3) is 4.55. The summed E-state index contributed by atoms with van der Waals surface area (Å²) in [5.74, 6) is 0.0111. The van der Waals surface area contributed by atoms with Crippen molar-refractivity contribution in [3.8, 4) is 5.75 Å². The lowest BCUT2D eigenvalue weighted by molar-refractivity contribution is 0.0835. The average Bonchev–Trinajstić information content (AvgIpc) is 3.32. The van der Waals surface area contributed by atoms with E-state index in [1.807, 2.05) is 0 Å². The van der Waals surface area contributed by atoms with Crippen molar-refractivity contribution in [2.24, 2.45) is 5.73 Å². The monoisotopic (exact) mass is 364 g/mol. The van der Waals surface area contributed by atoms with Crippen molar-refractivity contribution in [2.75, 3.05) is 19.8 Å². The number of rotatable bonds is 8. The zero-order valence-electron chi connectivity index (χ0n) is 14.2. The predicted octanol–water partition coefficient (Wildman–Crippen LogP) is 1.72. The number of hydrogen-bond acceptors (Lipinski definition) is 7. The Morgan fingerprint density at radius 1 is 1.46 bits per heavy atom. The van der Waals surface area contributed by atoms with Gasteiger partial charge in [-0.1, -0.05) is 5.16 Å². The van der Waals surface area contributed by atoms with Gasteiger partial charge in [0, 0.05) is 6.61 Å². The lowest BCUT2D eigenvalue weighted by atomic mass is 10.2. The molecule has 3 N–H and O–H groups in total. The second-order valence-corrected chi connectivity index (χ2v) is 5.86. The molecule has 2 heterocycles. The van der Waals surface area contributed by atoms with E-state index >= 15 is 0 Å². The van der Waals surface area contributed by atoms with Crippen LogP contribution in [-0.4, -0.2) is 35.8 Å². The van der Waals surface area contributed by atoms with E-state index in [4.69, 9.17) is 19.7 Å². The lowest BCUT2D eigenvalue weighted by Gasteiger charge is -2.11. The normalized spacial score (nSPS) is 16.6. The molecule has 1 amide bonds. The molecule has 0 aliphatic carbocycles. The molecule has 1 aromatic carbocycles. The van der Waals surface area contributed by atoms with Crippen molar-refractivity contribution in [3.63, 3.8) is 0 Å². The van der Waals surface area contributed by atoms with E-state index < -0.39 is 11.7 Å². The number of aromatic nitrogens is 2. The van der Waals surface area contributed by atoms with Crippen LogP contribution in [-0.2, 0) is 11.3 Å². The fourth-order valence-corrected chi connectivity index (χ4v) is 2.57. The highest BCUT2D eigenvalue weighted by Crippen LogP contribution is 2.27. The summed E-state index contributed by atoms with van der Waals surface area (Å²) in [5.41, 5.74) is 5.52. The number of halogens is 1. The van der Waals surface area contributed by atoms with Crippen LogP contribution in [0.2, 0.25) is 0 Å². The number of nitrogens with one attached hydrogen (secondary N) is 1. The third-order valence-electron chi connectivity index (χ3n) is 3.89. The standard InChI is InChI=1S/C17H21FN4O4/c18-11-4-5-13(24-8-2-6-19)12(9-11)16(23)20-10-15-21-17(26-22-15)14-3-1-7-25-14/h4-5,9,14H,1-3,6-8,10,19H2,(H,20,23). The third-order valence-corrected chi connectivity index (χ3v) is 3.89. The molecule has 8 nitrogen and oxygen atoms in total. The van der Waals surface area contributed by atoms with Crippen LogP contribution in [0.5, 0.6) is 5.75 Å². The van der Waals surface area contributed by atoms with Gasteiger partial charge in [-0.15, -0.1) is 0 Å². The van der Waals surface area contributed by atoms with Crippen LogP contribution in [0.4, 0.5) is 4.39 Å². The summed E-state index contributed by atoms with van der Waals surface area (Å²) in [5, 5.41) is 6.47. The molecule has 9 heteroatoms. The Balaban J connectivity index is 1.61. The molecule has 0 saturated carbocycles. The van der Waals surface area contributed by atoms with Crippen LogP contribution in [0.15, 0.2) is 22.7 Å². The molecule has 1 fully saturated rings. The summed E-state index contributed by atoms with van der Waals surface area (Å²) >= 11 is 0. The molecular weight excluding hydrogens is 343 g/mol. The number of nitrogens with two attached hydrogens (primary N) is 1. The van der Waals surface area contributed by atoms with E-state index in [9.17, 15) is 9.18 Å². The molecule has 1 unspecified atom stereocenters. The van der Waals surface area contributed by atoms with Crippen molar-refractivity contribution in [1.82, 2.24) is 15.5 Å². The molecule has 1 aliphatic heterocycles. The maximum absolute atomic E-state index is 13.5. The van der Waals surface area contributed by atoms with Crippen LogP contribution < -0.4 is 15.8 Å². The summed E-state index contributed by atoms with van der Waals surface area (Å²) in [6, 6.07) is 3.79. The van der Waals surface area contributed by atoms with Gasteiger partial charge in [0.2, 0.25) is 0 Å². The van der Waals surface area contributed by atoms with Gasteiger partial charge in [0.25, 0.3) is 11.8 Å². The maximum Gasteiger partial charge on any atom is 0.255 e. The topological polar surface area (TPSA) is 112 Å². The minimum absolute atomic E-state index is 0.0494. The molecule has 26 heavy (non-hydrogen) atoms. The molecule has 1 atom stereocenters. The first-order chi connectivity index (χ1) is 12.7. The van der Waals surface area contributed by atoms with Crippen LogP contribution in [0.1, 0.15) is 47.4 Å². The van der Waals surface area contributed by atoms with Crippen molar-refractivity contribution in [3.05, 3.63) is 41.3 Å². The smallest absolute Gasteiger partial charge is 0.255 e. The Bertz CT molecular complexity index is 746. The van der Waals surface area contributed by atoms with E-state index in [-0.39, 0.29) is 18.2 Å². The Morgan fingerprint density at radius 3 is 3.12 bits per heavy atom. The van der Waals surface area contributed by atoms with Gasteiger partial charge < -0.3 is 25.0 Å². The van der Waals surface area contributed by atoms with E-state index in [2.05, 4.69) is 15.5 Å². The Hall–Kier alpha value is -2.52. The Labute approximate surface area is 149 Å². The molecule has 1 saturated heterocycles. The average molecular weight is 364 g/mol. The van der Waals surface area contributed by atoms with Gasteiger partial charge >= 0.3 is 0 Å². The number of carbonyl (C=O) groups is 1. The highest BCUT2D eigenvalue weighted by atomic mass is 19.1. The summed E-state index contributed by atoms with van der Waals surface area (Å²) in [4.78, 5) is 16.6. The quantitative estimate of drug-likeness (QED) is 0.686. The lowest BCUT2D eigenvalue weighted by Crippen LogP contribution is -2.24. The van der Waals surface area contributed by atoms with Gasteiger partial charge in [0.05, 0.1) is 18.7 Å². The molecular formula is C17H21FN4O4. The first-order valence-corrected chi connectivity index (χ1v) is 8.52. The molecule has 0 radical (unpaired) electrons. The van der Waals surface area contributed by atoms with Crippen LogP contribution in [0, 0.1) is 5.82 Å². The maximum atomic E-state index is 13.5. The van der Waals surface area contributed by atoms with Gasteiger partial charge in [0.1, 0.15) is 17.7 Å². The molecule has 1 aromatic heterocycles. The van der Waals surface area contributed by atoms with Gasteiger partial charge in [0.15, 0.2) is 5.82 Å². The van der Waals surface area contributed by atoms with Crippen molar-refractivity contribution < 1.29 is 23.2 Å². The van der Waals surface area contributed by atoms with Crippen molar-refractivity contribution in [1.29, 1.82) is 0 Å². The molecule has 140 valence electrons. The number of carbonyl (C=O) groups excluding carboxylic acids is 1. The molecule has 2 aromatic rings. The second kappa shape index (κ2) is 8.72. The van der Waals surface area contributed by atoms with E-state index in [1.54, 1.807) is 0 Å². The summed E-state index contributed by atoms with van der Waals surface area (Å²) in [7, 11) is 0. The number of amides is 1. The summed E-state index contributed by atoms with van der Waals surface area (Å²) in [6.45, 7) is 1.53. The first-order valence-electron chi connectivity index (χ1n) is 8.52. The van der Waals surface area contributed by atoms with E-state index in [1.165, 1.54) is 12.1 Å². The van der Waals surface area contributed by atoms with Crippen LogP contribution in [0.3, 0.4) is 0 Å². The van der Waals surface area contributed by atoms with Crippen LogP contribution in [0.25, 0.3) is 0 Å². The number of ether oxygens (including phenoxy) is 2. The number of hydrogen-bond donors (Lipinski definition) is 2. The zero-order chi connectivity index (χ0) is 18.4. The molecule has 3 rings (SSSR count). The van der Waals surface area contributed by atoms with Crippen molar-refractivity contribution >= 4 is 5.91 Å². The number of nitrogens with zero attached hydrogens (tertiary/aromatic N) is 2. The summed E-state index contributed by atoms with van der Waals surface area (Å²) in [6.07, 6.45) is 2.23. The van der Waals surface area contributed by atoms with Crippen molar-refractivity contribution in [2.45, 2.75) is 31.9 Å². The predicted molar refractivity (Wildman–Crippen MR) is 89.0 cm³/mol. The first kappa shape index (κ1) is 18.3. The second-order valence-electron chi connectivity index (χ2n) is 5.86. The van der Waals surface area contributed by atoms with E-state index in [0.717, 1.165) is 18.9 Å². The SMILES string of the molecule is NCCCOc1ccc(F)cc1C(=O)NCc1noc(C2CCCO2)n1. The van der Waals surface area contributed by atoms with E-state index in [0.29, 0.717) is 43.6 Å². The minimum atomic E-state index is -0.526. The minimum Gasteiger partial charge on any atom is -0.493 e. The Morgan fingerprint density at radius 2 is 2.35 bits per heavy atom. The van der Waals surface area contributed by atoms with Gasteiger partial charge in [-0.05, 0) is 44.0 Å². The summed E-state index contributed by atoms with van der Waals surface area (Å²) < 4.78 is 29.7. The fourth-order valence-electron chi connectivity index (χ4n) is 2.57. The largest absolute Gasteiger partial charge is 0.493 e. The van der Waals surface area contributed by atoms with Gasteiger partial charge in [-0.25, -0.2) is 4.39 Å². The zero-order valence-corrected chi connectivity index (χ0v) is 14.2. The van der Waals surface area contributed by atoms with Crippen LogP contribution >= 0.6 is 0 Å². The highest BCUT2D eigenvalue weighted by Gasteiger charge is 2.24. The van der Waals surface area contributed by atoms with Gasteiger partial charge in [-0.3, -0.25) is 4.79 Å².